The van der Waals surface area contributed by atoms with Crippen LogP contribution in [0, 0.1) is 10.1 Å². The first-order valence-corrected chi connectivity index (χ1v) is 4.74. The first kappa shape index (κ1) is 11.7. The van der Waals surface area contributed by atoms with Gasteiger partial charge in [0.05, 0.1) is 11.0 Å². The van der Waals surface area contributed by atoms with Gasteiger partial charge in [-0.05, 0) is 19.1 Å². The monoisotopic (exact) mass is 230 g/mol. The van der Waals surface area contributed by atoms with Crippen molar-refractivity contribution < 1.29 is 10.0 Å². The highest BCUT2D eigenvalue weighted by molar-refractivity contribution is 6.30. The lowest BCUT2D eigenvalue weighted by Crippen LogP contribution is -2.15. The van der Waals surface area contributed by atoms with Crippen molar-refractivity contribution in [2.24, 2.45) is 0 Å². The number of nitrogens with zero attached hydrogens (tertiary/aromatic N) is 1. The van der Waals surface area contributed by atoms with E-state index in [2.05, 4.69) is 5.32 Å². The topological polar surface area (TPSA) is 75.4 Å². The molecule has 0 amide bonds. The molecule has 0 saturated carbocycles. The van der Waals surface area contributed by atoms with E-state index in [-0.39, 0.29) is 12.2 Å². The Balaban J connectivity index is 2.91. The maximum Gasteiger partial charge on any atom is 0.293 e. The van der Waals surface area contributed by atoms with Crippen molar-refractivity contribution in [3.05, 3.63) is 33.3 Å². The molecule has 0 heterocycles. The van der Waals surface area contributed by atoms with Gasteiger partial charge in [0.2, 0.25) is 0 Å². The second-order valence-corrected chi connectivity index (χ2v) is 3.58. The molecule has 5 nitrogen and oxygen atoms in total. The zero-order valence-electron chi connectivity index (χ0n) is 8.11. The van der Waals surface area contributed by atoms with Crippen molar-refractivity contribution in [1.29, 1.82) is 0 Å². The van der Waals surface area contributed by atoms with Crippen LogP contribution in [0.1, 0.15) is 6.92 Å². The van der Waals surface area contributed by atoms with Gasteiger partial charge in [0, 0.05) is 17.6 Å². The zero-order chi connectivity index (χ0) is 11.4. The summed E-state index contributed by atoms with van der Waals surface area (Å²) in [4.78, 5) is 10.1. The number of rotatable bonds is 4. The van der Waals surface area contributed by atoms with E-state index in [1.54, 1.807) is 13.0 Å². The van der Waals surface area contributed by atoms with Gasteiger partial charge in [-0.2, -0.15) is 0 Å². The molecule has 0 aliphatic rings. The van der Waals surface area contributed by atoms with E-state index < -0.39 is 11.0 Å². The van der Waals surface area contributed by atoms with Gasteiger partial charge in [-0.15, -0.1) is 0 Å². The van der Waals surface area contributed by atoms with E-state index in [9.17, 15) is 10.1 Å². The predicted octanol–water partition coefficient (Wildman–Crippen LogP) is 2.04. The number of aliphatic hydroxyl groups is 1. The fourth-order valence-corrected chi connectivity index (χ4v) is 1.23. The molecule has 0 spiro atoms. The van der Waals surface area contributed by atoms with Gasteiger partial charge in [0.1, 0.15) is 5.69 Å². The van der Waals surface area contributed by atoms with Crippen LogP contribution in [0.15, 0.2) is 18.2 Å². The van der Waals surface area contributed by atoms with Crippen molar-refractivity contribution in [1.82, 2.24) is 0 Å². The molecule has 15 heavy (non-hydrogen) atoms. The Morgan fingerprint density at radius 3 is 2.87 bits per heavy atom. The highest BCUT2D eigenvalue weighted by Gasteiger charge is 2.13. The number of benzene rings is 1. The van der Waals surface area contributed by atoms with Crippen LogP contribution in [-0.2, 0) is 0 Å². The third-order valence-corrected chi connectivity index (χ3v) is 1.98. The standard InChI is InChI=1S/C9H11ClN2O3/c1-6(13)5-11-8-3-2-7(10)4-9(8)12(14)15/h2-4,6,11,13H,5H2,1H3. The Morgan fingerprint density at radius 2 is 2.33 bits per heavy atom. The number of aliphatic hydroxyl groups excluding tert-OH is 1. The van der Waals surface area contributed by atoms with Crippen LogP contribution >= 0.6 is 11.6 Å². The van der Waals surface area contributed by atoms with E-state index in [1.807, 2.05) is 0 Å². The Bertz CT molecular complexity index is 368. The van der Waals surface area contributed by atoms with E-state index in [0.29, 0.717) is 10.7 Å². The number of anilines is 1. The minimum Gasteiger partial charge on any atom is -0.392 e. The van der Waals surface area contributed by atoms with Crippen LogP contribution in [0.2, 0.25) is 5.02 Å². The summed E-state index contributed by atoms with van der Waals surface area (Å²) < 4.78 is 0. The van der Waals surface area contributed by atoms with Crippen LogP contribution in [0.5, 0.6) is 0 Å². The summed E-state index contributed by atoms with van der Waals surface area (Å²) in [5, 5.41) is 22.8. The van der Waals surface area contributed by atoms with E-state index >= 15 is 0 Å². The molecule has 1 unspecified atom stereocenters. The number of hydrogen-bond acceptors (Lipinski definition) is 4. The summed E-state index contributed by atoms with van der Waals surface area (Å²) in [5.74, 6) is 0. The Kier molecular flexibility index (Phi) is 3.88. The lowest BCUT2D eigenvalue weighted by molar-refractivity contribution is -0.383. The second-order valence-electron chi connectivity index (χ2n) is 3.15. The average molecular weight is 231 g/mol. The van der Waals surface area contributed by atoms with Crippen LogP contribution in [0.25, 0.3) is 0 Å². The number of hydrogen-bond donors (Lipinski definition) is 2. The van der Waals surface area contributed by atoms with Gasteiger partial charge in [-0.3, -0.25) is 10.1 Å². The van der Waals surface area contributed by atoms with Crippen LogP contribution in [0.4, 0.5) is 11.4 Å². The van der Waals surface area contributed by atoms with Gasteiger partial charge in [-0.25, -0.2) is 0 Å². The van der Waals surface area contributed by atoms with E-state index in [4.69, 9.17) is 16.7 Å². The normalized spacial score (nSPS) is 12.2. The second kappa shape index (κ2) is 4.95. The van der Waals surface area contributed by atoms with Gasteiger partial charge in [0.15, 0.2) is 0 Å². The molecule has 0 aliphatic carbocycles. The lowest BCUT2D eigenvalue weighted by atomic mass is 10.2. The first-order valence-electron chi connectivity index (χ1n) is 4.36. The van der Waals surface area contributed by atoms with Crippen LogP contribution in [0.3, 0.4) is 0 Å². The molecular weight excluding hydrogens is 220 g/mol. The van der Waals surface area contributed by atoms with Gasteiger partial charge < -0.3 is 10.4 Å². The average Bonchev–Trinajstić information content (AvgIpc) is 2.15. The van der Waals surface area contributed by atoms with Crippen molar-refractivity contribution in [2.75, 3.05) is 11.9 Å². The van der Waals surface area contributed by atoms with Gasteiger partial charge >= 0.3 is 0 Å². The Labute approximate surface area is 91.8 Å². The largest absolute Gasteiger partial charge is 0.392 e. The molecule has 2 N–H and O–H groups in total. The lowest BCUT2D eigenvalue weighted by Gasteiger charge is -2.08. The highest BCUT2D eigenvalue weighted by atomic mass is 35.5. The fourth-order valence-electron chi connectivity index (χ4n) is 1.06. The van der Waals surface area contributed by atoms with Crippen LogP contribution in [-0.4, -0.2) is 22.7 Å². The molecule has 0 bridgehead atoms. The predicted molar refractivity (Wildman–Crippen MR) is 58.3 cm³/mol. The van der Waals surface area contributed by atoms with Crippen molar-refractivity contribution in [3.63, 3.8) is 0 Å². The molecular formula is C9H11ClN2O3. The molecule has 1 aromatic carbocycles. The molecule has 6 heteroatoms. The molecule has 82 valence electrons. The minimum absolute atomic E-state index is 0.0943. The summed E-state index contributed by atoms with van der Waals surface area (Å²) in [5.41, 5.74) is 0.258. The molecule has 0 radical (unpaired) electrons. The Hall–Kier alpha value is -1.33. The van der Waals surface area contributed by atoms with Crippen LogP contribution < -0.4 is 5.32 Å². The minimum atomic E-state index is -0.569. The molecule has 0 aliphatic heterocycles. The maximum absolute atomic E-state index is 10.7. The van der Waals surface area contributed by atoms with E-state index in [1.165, 1.54) is 12.1 Å². The van der Waals surface area contributed by atoms with E-state index in [0.717, 1.165) is 0 Å². The number of nitro groups is 1. The Morgan fingerprint density at radius 1 is 1.67 bits per heavy atom. The SMILES string of the molecule is CC(O)CNc1ccc(Cl)cc1[N+](=O)[O-]. The van der Waals surface area contributed by atoms with Crippen molar-refractivity contribution in [3.8, 4) is 0 Å². The third kappa shape index (κ3) is 3.38. The maximum atomic E-state index is 10.7. The zero-order valence-corrected chi connectivity index (χ0v) is 8.86. The number of halogens is 1. The molecule has 1 rings (SSSR count). The number of nitrogens with one attached hydrogen (secondary N) is 1. The summed E-state index contributed by atoms with van der Waals surface area (Å²) in [6, 6.07) is 4.34. The summed E-state index contributed by atoms with van der Waals surface area (Å²) in [6.45, 7) is 1.84. The summed E-state index contributed by atoms with van der Waals surface area (Å²) in [7, 11) is 0. The third-order valence-electron chi connectivity index (χ3n) is 1.74. The van der Waals surface area contributed by atoms with Crippen molar-refractivity contribution >= 4 is 23.0 Å². The fraction of sp³-hybridized carbons (Fsp3) is 0.333. The summed E-state index contributed by atoms with van der Waals surface area (Å²) >= 11 is 5.64. The van der Waals surface area contributed by atoms with Gasteiger partial charge in [-0.1, -0.05) is 11.6 Å². The number of nitro benzene ring substituents is 1. The molecule has 0 fully saturated rings. The molecule has 1 aromatic rings. The summed E-state index contributed by atoms with van der Waals surface area (Å²) in [6.07, 6.45) is -0.569. The molecule has 1 atom stereocenters. The highest BCUT2D eigenvalue weighted by Crippen LogP contribution is 2.27. The van der Waals surface area contributed by atoms with Crippen molar-refractivity contribution in [2.45, 2.75) is 13.0 Å². The molecule has 0 saturated heterocycles. The van der Waals surface area contributed by atoms with Gasteiger partial charge in [0.25, 0.3) is 5.69 Å². The molecule has 0 aromatic heterocycles. The smallest absolute Gasteiger partial charge is 0.293 e. The first-order chi connectivity index (χ1) is 7.00. The quantitative estimate of drug-likeness (QED) is 0.613.